The van der Waals surface area contributed by atoms with E-state index in [0.717, 1.165) is 11.3 Å². The molecule has 0 unspecified atom stereocenters. The number of H-pyrrole nitrogens is 1. The first-order valence-corrected chi connectivity index (χ1v) is 11.3. The number of carbonyl (C=O) groups excluding carboxylic acids is 1. The fourth-order valence-electron chi connectivity index (χ4n) is 3.87. The first-order valence-electron chi connectivity index (χ1n) is 11.3. The molecule has 0 aliphatic carbocycles. The van der Waals surface area contributed by atoms with Gasteiger partial charge in [-0.3, -0.25) is 9.78 Å². The number of para-hydroxylation sites is 1. The second kappa shape index (κ2) is 9.56. The van der Waals surface area contributed by atoms with Gasteiger partial charge in [0.2, 0.25) is 0 Å². The molecule has 2 aromatic heterocycles. The Bertz CT molecular complexity index is 1400. The zero-order valence-electron chi connectivity index (χ0n) is 20.0. The molecule has 3 N–H and O–H groups in total. The van der Waals surface area contributed by atoms with Crippen LogP contribution in [0, 0.1) is 28.9 Å². The number of nitrogens with zero attached hydrogens (tertiary/aromatic N) is 2. The van der Waals surface area contributed by atoms with Gasteiger partial charge in [-0.1, -0.05) is 38.6 Å². The molecule has 3 aromatic rings. The maximum Gasteiger partial charge on any atom is 0.282 e. The van der Waals surface area contributed by atoms with Gasteiger partial charge in [0.15, 0.2) is 11.6 Å². The van der Waals surface area contributed by atoms with Gasteiger partial charge in [-0.05, 0) is 18.2 Å². The summed E-state index contributed by atoms with van der Waals surface area (Å²) < 4.78 is 19.7. The highest BCUT2D eigenvalue weighted by Crippen LogP contribution is 2.40. The van der Waals surface area contributed by atoms with E-state index in [1.807, 2.05) is 26.7 Å². The normalized spacial score (nSPS) is 12.5. The van der Waals surface area contributed by atoms with Crippen molar-refractivity contribution in [3.63, 3.8) is 0 Å². The molecular formula is C26H25BFN5O2. The lowest BCUT2D eigenvalue weighted by molar-refractivity contribution is 0.0947. The highest BCUT2D eigenvalue weighted by Gasteiger charge is 2.29. The third-order valence-corrected chi connectivity index (χ3v) is 6.28. The number of amides is 1. The van der Waals surface area contributed by atoms with E-state index < -0.39 is 11.1 Å². The van der Waals surface area contributed by atoms with Crippen LogP contribution in [0.1, 0.15) is 35.5 Å². The molecule has 1 aliphatic rings. The van der Waals surface area contributed by atoms with E-state index in [-0.39, 0.29) is 18.4 Å². The van der Waals surface area contributed by atoms with Gasteiger partial charge in [0.25, 0.3) is 12.6 Å². The summed E-state index contributed by atoms with van der Waals surface area (Å²) in [5, 5.41) is 14.9. The molecule has 0 bridgehead atoms. The van der Waals surface area contributed by atoms with Gasteiger partial charge in [-0.15, -0.1) is 0 Å². The fourth-order valence-corrected chi connectivity index (χ4v) is 3.87. The quantitative estimate of drug-likeness (QED) is 0.375. The Labute approximate surface area is 204 Å². The van der Waals surface area contributed by atoms with E-state index >= 15 is 0 Å². The van der Waals surface area contributed by atoms with Crippen molar-refractivity contribution in [1.82, 2.24) is 15.3 Å². The summed E-state index contributed by atoms with van der Waals surface area (Å²) in [4.78, 5) is 20.5. The molecule has 9 heteroatoms. The minimum absolute atomic E-state index is 0.0478. The SMILES string of the molecule is COc1c(F)cccc1Nc1c(-c2ccncc2C#CC(C)(C)B(C)C#N)[nH]c2c1C(=O)NCC2. The minimum atomic E-state index is -0.535. The van der Waals surface area contributed by atoms with Crippen LogP contribution in [0.2, 0.25) is 12.1 Å². The number of halogens is 1. The molecule has 4 rings (SSSR count). The smallest absolute Gasteiger partial charge is 0.282 e. The Kier molecular flexibility index (Phi) is 6.53. The summed E-state index contributed by atoms with van der Waals surface area (Å²) in [6.07, 6.45) is 3.92. The maximum atomic E-state index is 14.4. The van der Waals surface area contributed by atoms with E-state index in [0.29, 0.717) is 41.2 Å². The third kappa shape index (κ3) is 4.58. The largest absolute Gasteiger partial charge is 0.492 e. The average molecular weight is 469 g/mol. The number of methoxy groups -OCH3 is 1. The summed E-state index contributed by atoms with van der Waals surface area (Å²) in [6.45, 7) is 5.92. The molecule has 0 saturated carbocycles. The number of nitriles is 1. The van der Waals surface area contributed by atoms with Crippen molar-refractivity contribution in [3.8, 4) is 34.8 Å². The van der Waals surface area contributed by atoms with Crippen molar-refractivity contribution in [2.24, 2.45) is 0 Å². The lowest BCUT2D eigenvalue weighted by Gasteiger charge is -2.17. The summed E-state index contributed by atoms with van der Waals surface area (Å²) in [6, 6.07) is 6.38. The van der Waals surface area contributed by atoms with Crippen molar-refractivity contribution in [1.29, 1.82) is 5.26 Å². The average Bonchev–Trinajstić information content (AvgIpc) is 3.22. The first-order chi connectivity index (χ1) is 16.8. The van der Waals surface area contributed by atoms with Crippen molar-refractivity contribution >= 4 is 24.0 Å². The van der Waals surface area contributed by atoms with Gasteiger partial charge < -0.3 is 20.4 Å². The van der Waals surface area contributed by atoms with E-state index in [4.69, 9.17) is 4.74 Å². The Hall–Kier alpha value is -4.24. The molecular weight excluding hydrogens is 444 g/mol. The number of pyridine rings is 1. The first kappa shape index (κ1) is 23.9. The number of ether oxygens (including phenoxy) is 1. The molecule has 0 saturated heterocycles. The molecule has 0 atom stereocenters. The number of anilines is 2. The van der Waals surface area contributed by atoms with Gasteiger partial charge >= 0.3 is 0 Å². The standard InChI is InChI=1S/C26H25BFN5O2/c1-26(2,27(3)15-29)11-8-16-14-30-12-9-17(16)22-23(21-19(32-22)10-13-31-25(21)34)33-20-7-5-6-18(28)24(20)35-4/h5-7,9,12,14,32-33H,10,13H2,1-4H3,(H,31,34). The van der Waals surface area contributed by atoms with Gasteiger partial charge in [-0.25, -0.2) is 9.65 Å². The van der Waals surface area contributed by atoms with Crippen molar-refractivity contribution in [3.05, 3.63) is 59.3 Å². The van der Waals surface area contributed by atoms with Crippen LogP contribution in [0.3, 0.4) is 0 Å². The van der Waals surface area contributed by atoms with E-state index in [1.54, 1.807) is 24.5 Å². The highest BCUT2D eigenvalue weighted by molar-refractivity contribution is 6.69. The molecule has 1 aliphatic heterocycles. The zero-order valence-corrected chi connectivity index (χ0v) is 20.0. The molecule has 1 amide bonds. The molecule has 0 spiro atoms. The number of rotatable bonds is 5. The molecule has 35 heavy (non-hydrogen) atoms. The number of hydrogen-bond acceptors (Lipinski definition) is 5. The predicted octanol–water partition coefficient (Wildman–Crippen LogP) is 4.57. The van der Waals surface area contributed by atoms with Crippen LogP contribution in [-0.2, 0) is 6.42 Å². The van der Waals surface area contributed by atoms with E-state index in [9.17, 15) is 14.4 Å². The van der Waals surface area contributed by atoms with Crippen LogP contribution >= 0.6 is 0 Å². The van der Waals surface area contributed by atoms with Crippen molar-refractivity contribution < 1.29 is 13.9 Å². The van der Waals surface area contributed by atoms with Gasteiger partial charge in [-0.2, -0.15) is 0 Å². The molecule has 0 radical (unpaired) electrons. The number of fused-ring (bicyclic) bond motifs is 1. The molecule has 0 fully saturated rings. The lowest BCUT2D eigenvalue weighted by Crippen LogP contribution is -2.31. The van der Waals surface area contributed by atoms with Gasteiger partial charge in [0.1, 0.15) is 0 Å². The summed E-state index contributed by atoms with van der Waals surface area (Å²) in [5.74, 6) is 7.95. The van der Waals surface area contributed by atoms with E-state index in [1.165, 1.54) is 13.2 Å². The zero-order chi connectivity index (χ0) is 25.2. The van der Waals surface area contributed by atoms with Crippen LogP contribution in [0.4, 0.5) is 15.8 Å². The van der Waals surface area contributed by atoms with Crippen molar-refractivity contribution in [2.45, 2.75) is 32.4 Å². The van der Waals surface area contributed by atoms with Crippen LogP contribution in [0.5, 0.6) is 5.75 Å². The second-order valence-corrected chi connectivity index (χ2v) is 8.92. The Morgan fingerprint density at radius 1 is 1.31 bits per heavy atom. The molecule has 7 nitrogen and oxygen atoms in total. The molecule has 1 aromatic carbocycles. The van der Waals surface area contributed by atoms with Crippen LogP contribution in [0.15, 0.2) is 36.7 Å². The van der Waals surface area contributed by atoms with E-state index in [2.05, 4.69) is 38.4 Å². The number of carbonyl (C=O) groups is 1. The van der Waals surface area contributed by atoms with Gasteiger partial charge in [0, 0.05) is 47.9 Å². The summed E-state index contributed by atoms with van der Waals surface area (Å²) in [7, 11) is 1.39. The number of aromatic nitrogens is 2. The fraction of sp³-hybridized carbons (Fsp3) is 0.269. The van der Waals surface area contributed by atoms with Crippen molar-refractivity contribution in [2.75, 3.05) is 19.0 Å². The number of hydrogen-bond donors (Lipinski definition) is 3. The topological polar surface area (TPSA) is 103 Å². The molecule has 176 valence electrons. The predicted molar refractivity (Wildman–Crippen MR) is 134 cm³/mol. The van der Waals surface area contributed by atoms with Crippen LogP contribution in [-0.4, -0.2) is 36.2 Å². The number of nitrogens with one attached hydrogen (secondary N) is 3. The Balaban J connectivity index is 1.89. The minimum Gasteiger partial charge on any atom is -0.492 e. The molecule has 3 heterocycles. The Morgan fingerprint density at radius 3 is 2.86 bits per heavy atom. The van der Waals surface area contributed by atoms with Crippen LogP contribution in [0.25, 0.3) is 11.3 Å². The van der Waals surface area contributed by atoms with Gasteiger partial charge in [0.05, 0.1) is 35.3 Å². The van der Waals surface area contributed by atoms with Crippen LogP contribution < -0.4 is 15.4 Å². The lowest BCUT2D eigenvalue weighted by atomic mass is 9.37. The maximum absolute atomic E-state index is 14.4. The third-order valence-electron chi connectivity index (χ3n) is 6.28. The summed E-state index contributed by atoms with van der Waals surface area (Å²) >= 11 is 0. The summed E-state index contributed by atoms with van der Waals surface area (Å²) in [5.41, 5.74) is 4.13. The Morgan fingerprint density at radius 2 is 2.11 bits per heavy atom. The second-order valence-electron chi connectivity index (χ2n) is 8.92. The number of benzene rings is 1. The number of aromatic amines is 1. The highest BCUT2D eigenvalue weighted by atomic mass is 19.1. The monoisotopic (exact) mass is 469 g/mol.